The Morgan fingerprint density at radius 2 is 2.18 bits per heavy atom. The van der Waals surface area contributed by atoms with E-state index in [4.69, 9.17) is 9.84 Å². The number of hydrogen-bond donors (Lipinski definition) is 1. The molecule has 0 unspecified atom stereocenters. The predicted octanol–water partition coefficient (Wildman–Crippen LogP) is 2.93. The number of thioether (sulfide) groups is 1. The van der Waals surface area contributed by atoms with Crippen LogP contribution in [0.2, 0.25) is 0 Å². The summed E-state index contributed by atoms with van der Waals surface area (Å²) >= 11 is 1.19. The highest BCUT2D eigenvalue weighted by Gasteiger charge is 2.27. The molecule has 3 nitrogen and oxygen atoms in total. The van der Waals surface area contributed by atoms with Crippen LogP contribution in [0.1, 0.15) is 19.4 Å². The summed E-state index contributed by atoms with van der Waals surface area (Å²) in [7, 11) is 1.47. The Bertz CT molecular complexity index is 418. The first-order valence-electron chi connectivity index (χ1n) is 5.06. The van der Waals surface area contributed by atoms with E-state index in [0.29, 0.717) is 17.1 Å². The fourth-order valence-corrected chi connectivity index (χ4v) is 1.97. The van der Waals surface area contributed by atoms with Crippen LogP contribution in [-0.4, -0.2) is 22.9 Å². The third-order valence-corrected chi connectivity index (χ3v) is 3.72. The first-order chi connectivity index (χ1) is 7.86. The number of methoxy groups -OCH3 is 1. The Labute approximate surface area is 104 Å². The van der Waals surface area contributed by atoms with Gasteiger partial charge in [0.15, 0.2) is 0 Å². The number of halogens is 1. The molecule has 94 valence electrons. The molecule has 0 saturated carbocycles. The maximum atomic E-state index is 13.6. The average Bonchev–Trinajstić information content (AvgIpc) is 2.27. The SMILES string of the molecule is COc1ccc(CSC(C)(C)C(=O)O)c(F)c1. The fraction of sp³-hybridized carbons (Fsp3) is 0.417. The molecule has 0 spiro atoms. The molecule has 1 aromatic rings. The number of carbonyl (C=O) groups is 1. The molecule has 0 aliphatic carbocycles. The van der Waals surface area contributed by atoms with Crippen molar-refractivity contribution in [3.05, 3.63) is 29.6 Å². The highest BCUT2D eigenvalue weighted by atomic mass is 32.2. The molecule has 0 atom stereocenters. The minimum Gasteiger partial charge on any atom is -0.497 e. The van der Waals surface area contributed by atoms with E-state index in [1.54, 1.807) is 26.0 Å². The standard InChI is InChI=1S/C12H15FO3S/c1-12(2,11(14)15)17-7-8-4-5-9(16-3)6-10(8)13/h4-6H,7H2,1-3H3,(H,14,15). The van der Waals surface area contributed by atoms with E-state index in [1.165, 1.54) is 24.9 Å². The maximum absolute atomic E-state index is 13.6. The first-order valence-corrected chi connectivity index (χ1v) is 6.05. The van der Waals surface area contributed by atoms with Gasteiger partial charge < -0.3 is 9.84 Å². The van der Waals surface area contributed by atoms with Crippen LogP contribution in [0.25, 0.3) is 0 Å². The van der Waals surface area contributed by atoms with Gasteiger partial charge in [-0.1, -0.05) is 6.07 Å². The molecule has 0 fully saturated rings. The number of rotatable bonds is 5. The zero-order valence-corrected chi connectivity index (χ0v) is 10.8. The molecule has 1 rings (SSSR count). The summed E-state index contributed by atoms with van der Waals surface area (Å²) in [5.41, 5.74) is 0.477. The highest BCUT2D eigenvalue weighted by molar-refractivity contribution is 8.00. The van der Waals surface area contributed by atoms with Crippen LogP contribution in [0.15, 0.2) is 18.2 Å². The Hall–Kier alpha value is -1.23. The van der Waals surface area contributed by atoms with E-state index in [1.807, 2.05) is 0 Å². The van der Waals surface area contributed by atoms with Crippen molar-refractivity contribution in [2.45, 2.75) is 24.3 Å². The van der Waals surface area contributed by atoms with Gasteiger partial charge >= 0.3 is 5.97 Å². The van der Waals surface area contributed by atoms with Crippen molar-refractivity contribution < 1.29 is 19.0 Å². The Kier molecular flexibility index (Phi) is 4.40. The van der Waals surface area contributed by atoms with Crippen LogP contribution in [0.3, 0.4) is 0 Å². The largest absolute Gasteiger partial charge is 0.497 e. The molecule has 0 aliphatic heterocycles. The summed E-state index contributed by atoms with van der Waals surface area (Å²) < 4.78 is 17.5. The quantitative estimate of drug-likeness (QED) is 0.882. The normalized spacial score (nSPS) is 11.3. The molecule has 0 saturated heterocycles. The molecule has 5 heteroatoms. The van der Waals surface area contributed by atoms with Crippen LogP contribution in [0.4, 0.5) is 4.39 Å². The summed E-state index contributed by atoms with van der Waals surface area (Å²) in [6.07, 6.45) is 0. The Morgan fingerprint density at radius 3 is 2.65 bits per heavy atom. The summed E-state index contributed by atoms with van der Waals surface area (Å²) in [5, 5.41) is 8.94. The van der Waals surface area contributed by atoms with E-state index >= 15 is 0 Å². The second-order valence-electron chi connectivity index (χ2n) is 4.06. The molecule has 0 amide bonds. The Balaban J connectivity index is 2.73. The van der Waals surface area contributed by atoms with E-state index < -0.39 is 10.7 Å². The number of carboxylic acids is 1. The molecular formula is C12H15FO3S. The van der Waals surface area contributed by atoms with Gasteiger partial charge in [-0.3, -0.25) is 4.79 Å². The zero-order chi connectivity index (χ0) is 13.1. The van der Waals surface area contributed by atoms with Crippen molar-refractivity contribution in [1.29, 1.82) is 0 Å². The lowest BCUT2D eigenvalue weighted by atomic mass is 10.2. The van der Waals surface area contributed by atoms with Gasteiger partial charge in [0.1, 0.15) is 16.3 Å². The van der Waals surface area contributed by atoms with Crippen LogP contribution < -0.4 is 4.74 Å². The van der Waals surface area contributed by atoms with Gasteiger partial charge in [0.25, 0.3) is 0 Å². The van der Waals surface area contributed by atoms with Crippen LogP contribution in [0, 0.1) is 5.82 Å². The van der Waals surface area contributed by atoms with Crippen molar-refractivity contribution in [2.24, 2.45) is 0 Å². The van der Waals surface area contributed by atoms with E-state index in [2.05, 4.69) is 0 Å². The lowest BCUT2D eigenvalue weighted by Gasteiger charge is -2.18. The van der Waals surface area contributed by atoms with Crippen LogP contribution in [0.5, 0.6) is 5.75 Å². The highest BCUT2D eigenvalue weighted by Crippen LogP contribution is 2.30. The van der Waals surface area contributed by atoms with Gasteiger partial charge in [0.2, 0.25) is 0 Å². The van der Waals surface area contributed by atoms with Crippen molar-refractivity contribution >= 4 is 17.7 Å². The number of carboxylic acid groups (broad SMARTS) is 1. The molecule has 0 aliphatic rings. The van der Waals surface area contributed by atoms with Gasteiger partial charge in [-0.25, -0.2) is 4.39 Å². The van der Waals surface area contributed by atoms with E-state index in [-0.39, 0.29) is 5.82 Å². The van der Waals surface area contributed by atoms with Gasteiger partial charge in [-0.15, -0.1) is 11.8 Å². The second kappa shape index (κ2) is 5.40. The number of ether oxygens (including phenoxy) is 1. The lowest BCUT2D eigenvalue weighted by molar-refractivity contribution is -0.138. The van der Waals surface area contributed by atoms with E-state index in [9.17, 15) is 9.18 Å². The zero-order valence-electron chi connectivity index (χ0n) is 9.99. The Morgan fingerprint density at radius 1 is 1.53 bits per heavy atom. The number of hydrogen-bond acceptors (Lipinski definition) is 3. The first kappa shape index (κ1) is 13.8. The minimum atomic E-state index is -0.924. The molecular weight excluding hydrogens is 243 g/mol. The topological polar surface area (TPSA) is 46.5 Å². The predicted molar refractivity (Wildman–Crippen MR) is 66.0 cm³/mol. The second-order valence-corrected chi connectivity index (χ2v) is 5.66. The third-order valence-electron chi connectivity index (χ3n) is 2.36. The van der Waals surface area contributed by atoms with Crippen molar-refractivity contribution in [3.8, 4) is 5.75 Å². The molecule has 0 heterocycles. The summed E-state index contributed by atoms with van der Waals surface area (Å²) in [6.45, 7) is 3.20. The number of aliphatic carboxylic acids is 1. The molecule has 1 aromatic carbocycles. The van der Waals surface area contributed by atoms with Gasteiger partial charge in [-0.2, -0.15) is 0 Å². The van der Waals surface area contributed by atoms with Crippen molar-refractivity contribution in [3.63, 3.8) is 0 Å². The summed E-state index contributed by atoms with van der Waals surface area (Å²) in [6, 6.07) is 4.56. The smallest absolute Gasteiger partial charge is 0.319 e. The molecule has 17 heavy (non-hydrogen) atoms. The minimum absolute atomic E-state index is 0.315. The van der Waals surface area contributed by atoms with Crippen LogP contribution in [-0.2, 0) is 10.5 Å². The van der Waals surface area contributed by atoms with Gasteiger partial charge in [0.05, 0.1) is 7.11 Å². The lowest BCUT2D eigenvalue weighted by Crippen LogP contribution is -2.27. The van der Waals surface area contributed by atoms with E-state index in [0.717, 1.165) is 0 Å². The van der Waals surface area contributed by atoms with Gasteiger partial charge in [-0.05, 0) is 25.5 Å². The molecule has 1 N–H and O–H groups in total. The molecule has 0 radical (unpaired) electrons. The summed E-state index contributed by atoms with van der Waals surface area (Å²) in [5.74, 6) is -0.516. The van der Waals surface area contributed by atoms with Gasteiger partial charge in [0, 0.05) is 11.8 Å². The third kappa shape index (κ3) is 3.63. The van der Waals surface area contributed by atoms with Crippen molar-refractivity contribution in [1.82, 2.24) is 0 Å². The average molecular weight is 258 g/mol. The monoisotopic (exact) mass is 258 g/mol. The van der Waals surface area contributed by atoms with Crippen molar-refractivity contribution in [2.75, 3.05) is 7.11 Å². The number of benzene rings is 1. The fourth-order valence-electron chi connectivity index (χ4n) is 1.09. The molecule has 0 aromatic heterocycles. The molecule has 0 bridgehead atoms. The van der Waals surface area contributed by atoms with Crippen LogP contribution >= 0.6 is 11.8 Å². The maximum Gasteiger partial charge on any atom is 0.319 e. The summed E-state index contributed by atoms with van der Waals surface area (Å²) in [4.78, 5) is 10.9.